The van der Waals surface area contributed by atoms with Gasteiger partial charge in [0, 0.05) is 38.8 Å². The summed E-state index contributed by atoms with van der Waals surface area (Å²) in [7, 11) is 3.65. The van der Waals surface area contributed by atoms with Crippen molar-refractivity contribution in [3.05, 3.63) is 0 Å². The number of alkyl halides is 1. The van der Waals surface area contributed by atoms with Crippen LogP contribution in [0.25, 0.3) is 0 Å². The van der Waals surface area contributed by atoms with Crippen molar-refractivity contribution >= 4 is 17.5 Å². The summed E-state index contributed by atoms with van der Waals surface area (Å²) in [5.74, 6) is 0.0522. The zero-order valence-electron chi connectivity index (χ0n) is 12.1. The Labute approximate surface area is 121 Å². The normalized spacial score (nSPS) is 32.3. The predicted octanol–water partition coefficient (Wildman–Crippen LogP) is 1.71. The van der Waals surface area contributed by atoms with E-state index in [1.165, 1.54) is 12.8 Å². The summed E-state index contributed by atoms with van der Waals surface area (Å²) >= 11 is 5.91. The van der Waals surface area contributed by atoms with Gasteiger partial charge in [-0.2, -0.15) is 0 Å². The first-order valence-corrected chi connectivity index (χ1v) is 7.63. The fourth-order valence-corrected chi connectivity index (χ4v) is 3.74. The van der Waals surface area contributed by atoms with Crippen molar-refractivity contribution in [2.75, 3.05) is 27.3 Å². The zero-order valence-corrected chi connectivity index (χ0v) is 12.9. The highest BCUT2D eigenvalue weighted by Crippen LogP contribution is 2.37. The molecule has 2 heterocycles. The number of ether oxygens (including phenoxy) is 1. The molecule has 2 fully saturated rings. The Hall–Kier alpha value is -0.320. The van der Waals surface area contributed by atoms with Crippen LogP contribution in [-0.4, -0.2) is 66.5 Å². The van der Waals surface area contributed by atoms with Gasteiger partial charge in [0.25, 0.3) is 0 Å². The average Bonchev–Trinajstić information content (AvgIpc) is 2.62. The van der Waals surface area contributed by atoms with Gasteiger partial charge in [0.15, 0.2) is 0 Å². The van der Waals surface area contributed by atoms with Crippen LogP contribution < -0.4 is 0 Å². The molecule has 2 aliphatic rings. The lowest BCUT2D eigenvalue weighted by Crippen LogP contribution is -2.52. The Kier molecular flexibility index (Phi) is 5.09. The molecule has 4 nitrogen and oxygen atoms in total. The van der Waals surface area contributed by atoms with Gasteiger partial charge in [0.05, 0.1) is 6.61 Å². The van der Waals surface area contributed by atoms with Gasteiger partial charge in [-0.1, -0.05) is 0 Å². The molecule has 19 heavy (non-hydrogen) atoms. The van der Waals surface area contributed by atoms with Crippen LogP contribution in [-0.2, 0) is 9.53 Å². The smallest absolute Gasteiger partial charge is 0.240 e. The summed E-state index contributed by atoms with van der Waals surface area (Å²) in [4.78, 5) is 16.4. The van der Waals surface area contributed by atoms with Gasteiger partial charge >= 0.3 is 0 Å². The van der Waals surface area contributed by atoms with Crippen LogP contribution >= 0.6 is 11.6 Å². The Morgan fingerprint density at radius 1 is 1.42 bits per heavy atom. The summed E-state index contributed by atoms with van der Waals surface area (Å²) in [5, 5.41) is -0.422. The topological polar surface area (TPSA) is 32.8 Å². The highest BCUT2D eigenvalue weighted by molar-refractivity contribution is 6.30. The maximum atomic E-state index is 12.0. The minimum atomic E-state index is -0.422. The molecule has 0 aromatic carbocycles. The summed E-state index contributed by atoms with van der Waals surface area (Å²) in [6, 6.07) is 1.57. The minimum Gasteiger partial charge on any atom is -0.383 e. The number of carbonyl (C=O) groups is 1. The molecule has 3 unspecified atom stereocenters. The molecule has 3 atom stereocenters. The van der Waals surface area contributed by atoms with Crippen molar-refractivity contribution in [3.8, 4) is 0 Å². The van der Waals surface area contributed by atoms with E-state index in [2.05, 4.69) is 4.90 Å². The summed E-state index contributed by atoms with van der Waals surface area (Å²) in [6.45, 7) is 3.57. The van der Waals surface area contributed by atoms with Crippen molar-refractivity contribution in [1.82, 2.24) is 9.80 Å². The first kappa shape index (κ1) is 15.1. The number of hydrogen-bond donors (Lipinski definition) is 0. The van der Waals surface area contributed by atoms with E-state index in [0.717, 1.165) is 26.0 Å². The zero-order chi connectivity index (χ0) is 14.0. The standard InChI is InChI=1S/C14H25ClN2O2/c1-10(15)14(18)16(2)13-8-11-4-5-12(9-13)17(11)6-7-19-3/h10-13H,4-9H2,1-3H3. The SMILES string of the molecule is COCCN1C2CCC1CC(N(C)C(=O)C(C)Cl)C2. The molecule has 0 aromatic heterocycles. The molecule has 0 aliphatic carbocycles. The van der Waals surface area contributed by atoms with Crippen LogP contribution in [0, 0.1) is 0 Å². The third-order valence-corrected chi connectivity index (χ3v) is 4.84. The average molecular weight is 289 g/mol. The molecule has 0 radical (unpaired) electrons. The lowest BCUT2D eigenvalue weighted by molar-refractivity contribution is -0.132. The van der Waals surface area contributed by atoms with E-state index in [1.807, 2.05) is 11.9 Å². The van der Waals surface area contributed by atoms with Crippen molar-refractivity contribution in [2.45, 2.75) is 56.1 Å². The molecular formula is C14H25ClN2O2. The number of methoxy groups -OCH3 is 1. The molecule has 0 saturated carbocycles. The van der Waals surface area contributed by atoms with Crippen LogP contribution in [0.15, 0.2) is 0 Å². The lowest BCUT2D eigenvalue weighted by atomic mass is 9.96. The molecule has 0 aromatic rings. The first-order valence-electron chi connectivity index (χ1n) is 7.20. The van der Waals surface area contributed by atoms with E-state index >= 15 is 0 Å². The van der Waals surface area contributed by atoms with Crippen molar-refractivity contribution in [2.24, 2.45) is 0 Å². The fraction of sp³-hybridized carbons (Fsp3) is 0.929. The number of carbonyl (C=O) groups excluding carboxylic acids is 1. The molecule has 110 valence electrons. The maximum absolute atomic E-state index is 12.0. The number of fused-ring (bicyclic) bond motifs is 2. The molecule has 0 N–H and O–H groups in total. The number of rotatable bonds is 5. The van der Waals surface area contributed by atoms with Crippen LogP contribution in [0.3, 0.4) is 0 Å². The maximum Gasteiger partial charge on any atom is 0.240 e. The predicted molar refractivity (Wildman–Crippen MR) is 76.5 cm³/mol. The molecule has 2 rings (SSSR count). The monoisotopic (exact) mass is 288 g/mol. The van der Waals surface area contributed by atoms with Crippen LogP contribution in [0.4, 0.5) is 0 Å². The van der Waals surface area contributed by atoms with Gasteiger partial charge in [-0.15, -0.1) is 11.6 Å². The molecule has 5 heteroatoms. The van der Waals surface area contributed by atoms with Gasteiger partial charge in [-0.3, -0.25) is 9.69 Å². The Balaban J connectivity index is 1.94. The number of amides is 1. The fourth-order valence-electron chi connectivity index (χ4n) is 3.58. The number of piperidine rings is 1. The second kappa shape index (κ2) is 6.42. The number of hydrogen-bond acceptors (Lipinski definition) is 3. The molecular weight excluding hydrogens is 264 g/mol. The molecule has 2 saturated heterocycles. The lowest BCUT2D eigenvalue weighted by Gasteiger charge is -2.42. The molecule has 2 bridgehead atoms. The van der Waals surface area contributed by atoms with E-state index in [1.54, 1.807) is 14.0 Å². The van der Waals surface area contributed by atoms with Gasteiger partial charge in [-0.25, -0.2) is 0 Å². The summed E-state index contributed by atoms with van der Waals surface area (Å²) in [6.07, 6.45) is 4.66. The second-order valence-corrected chi connectivity index (χ2v) is 6.46. The van der Waals surface area contributed by atoms with Crippen LogP contribution in [0.1, 0.15) is 32.6 Å². The van der Waals surface area contributed by atoms with Gasteiger partial charge in [0.1, 0.15) is 5.38 Å². The van der Waals surface area contributed by atoms with E-state index in [9.17, 15) is 4.79 Å². The highest BCUT2D eigenvalue weighted by Gasteiger charge is 2.42. The van der Waals surface area contributed by atoms with Crippen LogP contribution in [0.2, 0.25) is 0 Å². The van der Waals surface area contributed by atoms with Gasteiger partial charge in [0.2, 0.25) is 5.91 Å². The van der Waals surface area contributed by atoms with Crippen molar-refractivity contribution < 1.29 is 9.53 Å². The second-order valence-electron chi connectivity index (χ2n) is 5.81. The third kappa shape index (κ3) is 3.23. The number of nitrogens with zero attached hydrogens (tertiary/aromatic N) is 2. The largest absolute Gasteiger partial charge is 0.383 e. The van der Waals surface area contributed by atoms with Gasteiger partial charge in [-0.05, 0) is 32.6 Å². The Morgan fingerprint density at radius 2 is 2.00 bits per heavy atom. The Bertz CT molecular complexity index is 311. The highest BCUT2D eigenvalue weighted by atomic mass is 35.5. The molecule has 2 aliphatic heterocycles. The Morgan fingerprint density at radius 3 is 2.47 bits per heavy atom. The van der Waals surface area contributed by atoms with E-state index in [4.69, 9.17) is 16.3 Å². The minimum absolute atomic E-state index is 0.0522. The van der Waals surface area contributed by atoms with E-state index in [-0.39, 0.29) is 5.91 Å². The van der Waals surface area contributed by atoms with Gasteiger partial charge < -0.3 is 9.64 Å². The number of halogens is 1. The summed E-state index contributed by atoms with van der Waals surface area (Å²) in [5.41, 5.74) is 0. The van der Waals surface area contributed by atoms with Crippen molar-refractivity contribution in [3.63, 3.8) is 0 Å². The quantitative estimate of drug-likeness (QED) is 0.722. The van der Waals surface area contributed by atoms with E-state index < -0.39 is 5.38 Å². The first-order chi connectivity index (χ1) is 9.04. The third-order valence-electron chi connectivity index (χ3n) is 4.65. The molecule has 0 spiro atoms. The van der Waals surface area contributed by atoms with Crippen LogP contribution in [0.5, 0.6) is 0 Å². The molecule has 1 amide bonds. The van der Waals surface area contributed by atoms with E-state index in [0.29, 0.717) is 18.1 Å². The van der Waals surface area contributed by atoms with Crippen molar-refractivity contribution in [1.29, 1.82) is 0 Å². The summed E-state index contributed by atoms with van der Waals surface area (Å²) < 4.78 is 5.19.